The zero-order chi connectivity index (χ0) is 19.6. The van der Waals surface area contributed by atoms with Gasteiger partial charge in [-0.3, -0.25) is 14.3 Å². The molecule has 2 aromatic carbocycles. The van der Waals surface area contributed by atoms with E-state index in [9.17, 15) is 9.59 Å². The summed E-state index contributed by atoms with van der Waals surface area (Å²) in [5.41, 5.74) is 4.22. The summed E-state index contributed by atoms with van der Waals surface area (Å²) in [5, 5.41) is 4.56. The molecule has 0 fully saturated rings. The Morgan fingerprint density at radius 3 is 2.52 bits per heavy atom. The fourth-order valence-corrected chi connectivity index (χ4v) is 3.12. The van der Waals surface area contributed by atoms with Gasteiger partial charge in [-0.1, -0.05) is 41.4 Å². The molecule has 0 bridgehead atoms. The first-order valence-electron chi connectivity index (χ1n) is 8.02. The van der Waals surface area contributed by atoms with Gasteiger partial charge in [0.25, 0.3) is 11.5 Å². The van der Waals surface area contributed by atoms with E-state index in [0.717, 1.165) is 5.69 Å². The molecule has 0 saturated heterocycles. The monoisotopic (exact) mass is 402 g/mol. The molecule has 1 aromatic heterocycles. The number of hydrazone groups is 1. The van der Waals surface area contributed by atoms with E-state index in [0.29, 0.717) is 16.3 Å². The third kappa shape index (κ3) is 3.82. The molecule has 0 unspecified atom stereocenters. The third-order valence-corrected chi connectivity index (χ3v) is 4.68. The third-order valence-electron chi connectivity index (χ3n) is 4.13. The molecule has 3 rings (SSSR count). The van der Waals surface area contributed by atoms with Crippen LogP contribution in [-0.2, 0) is 7.05 Å². The van der Waals surface area contributed by atoms with Crippen LogP contribution in [0.4, 0.5) is 0 Å². The van der Waals surface area contributed by atoms with Gasteiger partial charge in [0.1, 0.15) is 0 Å². The quantitative estimate of drug-likeness (QED) is 0.535. The molecule has 0 saturated carbocycles. The predicted octanol–water partition coefficient (Wildman–Crippen LogP) is 3.56. The number of hydrogen-bond donors (Lipinski definition) is 1. The fraction of sp³-hybridized carbons (Fsp3) is 0.105. The van der Waals surface area contributed by atoms with Crippen LogP contribution in [-0.4, -0.2) is 21.5 Å². The molecule has 27 heavy (non-hydrogen) atoms. The van der Waals surface area contributed by atoms with E-state index in [-0.39, 0.29) is 16.1 Å². The van der Waals surface area contributed by atoms with Crippen molar-refractivity contribution in [3.05, 3.63) is 85.8 Å². The van der Waals surface area contributed by atoms with Crippen molar-refractivity contribution < 1.29 is 4.79 Å². The van der Waals surface area contributed by atoms with E-state index in [1.54, 1.807) is 24.7 Å². The van der Waals surface area contributed by atoms with Crippen LogP contribution in [0, 0.1) is 6.92 Å². The van der Waals surface area contributed by atoms with Gasteiger partial charge in [0.15, 0.2) is 0 Å². The minimum absolute atomic E-state index is 0.220. The van der Waals surface area contributed by atoms with Crippen LogP contribution >= 0.6 is 23.2 Å². The Morgan fingerprint density at radius 1 is 1.15 bits per heavy atom. The molecule has 8 heteroatoms. The van der Waals surface area contributed by atoms with E-state index < -0.39 is 5.91 Å². The molecule has 0 spiro atoms. The Labute approximate surface area is 165 Å². The lowest BCUT2D eigenvalue weighted by Crippen LogP contribution is -2.22. The minimum atomic E-state index is -0.495. The van der Waals surface area contributed by atoms with Gasteiger partial charge in [-0.05, 0) is 37.3 Å². The summed E-state index contributed by atoms with van der Waals surface area (Å²) < 4.78 is 3.27. The number of nitrogens with zero attached hydrogens (tertiary/aromatic N) is 3. The Balaban J connectivity index is 1.86. The molecular weight excluding hydrogens is 387 g/mol. The molecular formula is C19H16Cl2N4O2. The number of amides is 1. The van der Waals surface area contributed by atoms with Gasteiger partial charge in [0.05, 0.1) is 28.1 Å². The molecule has 3 aromatic rings. The van der Waals surface area contributed by atoms with Crippen molar-refractivity contribution >= 4 is 35.3 Å². The lowest BCUT2D eigenvalue weighted by molar-refractivity contribution is 0.0955. The lowest BCUT2D eigenvalue weighted by Gasteiger charge is -2.07. The van der Waals surface area contributed by atoms with E-state index in [1.807, 2.05) is 30.3 Å². The molecule has 0 atom stereocenters. The SMILES string of the molecule is Cc1c(/C=N\NC(=O)c2ccc(Cl)cc2Cl)c(=O)n(-c2ccccc2)n1C. The number of carbonyl (C=O) groups is 1. The van der Waals surface area contributed by atoms with Crippen LogP contribution < -0.4 is 11.0 Å². The Kier molecular flexibility index (Phi) is 5.48. The number of hydrogen-bond acceptors (Lipinski definition) is 3. The zero-order valence-electron chi connectivity index (χ0n) is 14.6. The van der Waals surface area contributed by atoms with Crippen molar-refractivity contribution in [2.45, 2.75) is 6.92 Å². The Hall–Kier alpha value is -2.83. The largest absolute Gasteiger partial charge is 0.285 e. The summed E-state index contributed by atoms with van der Waals surface area (Å²) in [6, 6.07) is 13.8. The van der Waals surface area contributed by atoms with Gasteiger partial charge in [-0.25, -0.2) is 10.1 Å². The first-order chi connectivity index (χ1) is 12.9. The van der Waals surface area contributed by atoms with E-state index in [2.05, 4.69) is 10.5 Å². The molecule has 138 valence electrons. The van der Waals surface area contributed by atoms with Gasteiger partial charge in [-0.15, -0.1) is 0 Å². The molecule has 6 nitrogen and oxygen atoms in total. The fourth-order valence-electron chi connectivity index (χ4n) is 2.63. The maximum atomic E-state index is 12.8. The molecule has 1 heterocycles. The number of aromatic nitrogens is 2. The van der Waals surface area contributed by atoms with E-state index in [1.165, 1.54) is 23.0 Å². The average molecular weight is 403 g/mol. The molecule has 1 amide bonds. The summed E-state index contributed by atoms with van der Waals surface area (Å²) in [6.07, 6.45) is 1.33. The van der Waals surface area contributed by atoms with Crippen LogP contribution in [0.2, 0.25) is 10.0 Å². The highest BCUT2D eigenvalue weighted by molar-refractivity contribution is 6.36. The lowest BCUT2D eigenvalue weighted by atomic mass is 10.2. The summed E-state index contributed by atoms with van der Waals surface area (Å²) in [7, 11) is 1.78. The van der Waals surface area contributed by atoms with Crippen molar-refractivity contribution in [2.24, 2.45) is 12.1 Å². The van der Waals surface area contributed by atoms with Crippen LogP contribution in [0.1, 0.15) is 21.6 Å². The number of rotatable bonds is 4. The van der Waals surface area contributed by atoms with Gasteiger partial charge in [0.2, 0.25) is 0 Å². The summed E-state index contributed by atoms with van der Waals surface area (Å²) >= 11 is 11.8. The van der Waals surface area contributed by atoms with Gasteiger partial charge >= 0.3 is 0 Å². The molecule has 0 radical (unpaired) electrons. The minimum Gasteiger partial charge on any atom is -0.285 e. The van der Waals surface area contributed by atoms with E-state index >= 15 is 0 Å². The average Bonchev–Trinajstić information content (AvgIpc) is 2.85. The Morgan fingerprint density at radius 2 is 1.85 bits per heavy atom. The normalized spacial score (nSPS) is 11.1. The second-order valence-electron chi connectivity index (χ2n) is 5.80. The number of carbonyl (C=O) groups excluding carboxylic acids is 1. The van der Waals surface area contributed by atoms with Crippen molar-refractivity contribution in [1.29, 1.82) is 0 Å². The second kappa shape index (κ2) is 7.82. The van der Waals surface area contributed by atoms with E-state index in [4.69, 9.17) is 23.2 Å². The number of benzene rings is 2. The van der Waals surface area contributed by atoms with Crippen molar-refractivity contribution in [3.8, 4) is 5.69 Å². The highest BCUT2D eigenvalue weighted by Crippen LogP contribution is 2.20. The molecule has 0 aliphatic rings. The molecule has 0 aliphatic carbocycles. The summed E-state index contributed by atoms with van der Waals surface area (Å²) in [6.45, 7) is 1.81. The van der Waals surface area contributed by atoms with Crippen LogP contribution in [0.25, 0.3) is 5.69 Å². The highest BCUT2D eigenvalue weighted by atomic mass is 35.5. The first kappa shape index (κ1) is 18.9. The van der Waals surface area contributed by atoms with Gasteiger partial charge < -0.3 is 0 Å². The molecule has 1 N–H and O–H groups in total. The van der Waals surface area contributed by atoms with Crippen LogP contribution in [0.15, 0.2) is 58.4 Å². The maximum Gasteiger partial charge on any atom is 0.280 e. The van der Waals surface area contributed by atoms with Crippen molar-refractivity contribution in [2.75, 3.05) is 0 Å². The number of halogens is 2. The van der Waals surface area contributed by atoms with Crippen LogP contribution in [0.3, 0.4) is 0 Å². The predicted molar refractivity (Wildman–Crippen MR) is 107 cm³/mol. The maximum absolute atomic E-state index is 12.8. The van der Waals surface area contributed by atoms with Gasteiger partial charge in [0, 0.05) is 17.8 Å². The van der Waals surface area contributed by atoms with Gasteiger partial charge in [-0.2, -0.15) is 5.10 Å². The van der Waals surface area contributed by atoms with Crippen LogP contribution in [0.5, 0.6) is 0 Å². The van der Waals surface area contributed by atoms with Crippen molar-refractivity contribution in [1.82, 2.24) is 14.8 Å². The van der Waals surface area contributed by atoms with Crippen molar-refractivity contribution in [3.63, 3.8) is 0 Å². The summed E-state index contributed by atoms with van der Waals surface area (Å²) in [5.74, 6) is -0.495. The molecule has 0 aliphatic heterocycles. The standard InChI is InChI=1S/C19H16Cl2N4O2/c1-12-16(19(27)25(24(12)2)14-6-4-3-5-7-14)11-22-23-18(26)15-9-8-13(20)10-17(15)21/h3-11H,1-2H3,(H,23,26)/b22-11-. The zero-order valence-corrected chi connectivity index (χ0v) is 16.1. The summed E-state index contributed by atoms with van der Waals surface area (Å²) in [4.78, 5) is 24.9. The second-order valence-corrected chi connectivity index (χ2v) is 6.64. The Bertz CT molecular complexity index is 1090. The first-order valence-corrected chi connectivity index (χ1v) is 8.78. The highest BCUT2D eigenvalue weighted by Gasteiger charge is 2.15. The number of nitrogens with one attached hydrogen (secondary N) is 1. The number of para-hydroxylation sites is 1. The topological polar surface area (TPSA) is 68.4 Å². The smallest absolute Gasteiger partial charge is 0.280 e.